The quantitative estimate of drug-likeness (QED) is 0.165. The van der Waals surface area contributed by atoms with E-state index in [1.807, 2.05) is 48.5 Å². The normalized spacial score (nSPS) is 11.3. The summed E-state index contributed by atoms with van der Waals surface area (Å²) in [5.74, 6) is 2.41. The lowest BCUT2D eigenvalue weighted by atomic mass is 9.96. The van der Waals surface area contributed by atoms with Gasteiger partial charge in [0.05, 0.1) is 0 Å². The summed E-state index contributed by atoms with van der Waals surface area (Å²) in [6.07, 6.45) is 0. The van der Waals surface area contributed by atoms with Gasteiger partial charge in [0.15, 0.2) is 23.1 Å². The van der Waals surface area contributed by atoms with Gasteiger partial charge in [-0.15, -0.1) is 0 Å². The molecule has 0 spiro atoms. The summed E-state index contributed by atoms with van der Waals surface area (Å²) in [4.78, 5) is 20.3. The van der Waals surface area contributed by atoms with E-state index in [0.29, 0.717) is 23.4 Å². The van der Waals surface area contributed by atoms with Crippen LogP contribution in [0.5, 0.6) is 0 Å². The first-order valence-electron chi connectivity index (χ1n) is 18.3. The van der Waals surface area contributed by atoms with Crippen LogP contribution >= 0.6 is 0 Å². The van der Waals surface area contributed by atoms with Crippen LogP contribution < -0.4 is 0 Å². The Bertz CT molecular complexity index is 2870. The van der Waals surface area contributed by atoms with Crippen molar-refractivity contribution in [2.45, 2.75) is 0 Å². The molecule has 5 heteroatoms. The predicted octanol–water partition coefficient (Wildman–Crippen LogP) is 12.8. The van der Waals surface area contributed by atoms with Crippen LogP contribution in [0.2, 0.25) is 0 Å². The summed E-state index contributed by atoms with van der Waals surface area (Å²) < 4.78 is 6.51. The lowest BCUT2D eigenvalue weighted by molar-refractivity contribution is 0.623. The van der Waals surface area contributed by atoms with E-state index in [9.17, 15) is 0 Å². The van der Waals surface area contributed by atoms with Gasteiger partial charge in [0, 0.05) is 27.6 Å². The molecule has 0 aliphatic heterocycles. The van der Waals surface area contributed by atoms with Crippen molar-refractivity contribution in [2.24, 2.45) is 0 Å². The van der Waals surface area contributed by atoms with Crippen LogP contribution in [0.4, 0.5) is 0 Å². The number of nitrogens with zero attached hydrogens (tertiary/aromatic N) is 4. The monoisotopic (exact) mass is 704 g/mol. The van der Waals surface area contributed by atoms with Crippen LogP contribution in [-0.4, -0.2) is 19.9 Å². The average molecular weight is 705 g/mol. The minimum atomic E-state index is 0.591. The zero-order chi connectivity index (χ0) is 36.6. The van der Waals surface area contributed by atoms with Gasteiger partial charge < -0.3 is 4.42 Å². The second-order valence-corrected chi connectivity index (χ2v) is 13.5. The lowest BCUT2D eigenvalue weighted by Crippen LogP contribution is -2.00. The van der Waals surface area contributed by atoms with E-state index < -0.39 is 0 Å². The van der Waals surface area contributed by atoms with Crippen LogP contribution in [0.15, 0.2) is 199 Å². The highest BCUT2D eigenvalue weighted by atomic mass is 16.3. The molecule has 2 heterocycles. The van der Waals surface area contributed by atoms with E-state index >= 15 is 0 Å². The molecule has 0 bridgehead atoms. The maximum Gasteiger partial charge on any atom is 0.227 e. The summed E-state index contributed by atoms with van der Waals surface area (Å²) in [5.41, 5.74) is 11.8. The molecule has 0 aliphatic rings. The number of hydrogen-bond donors (Lipinski definition) is 0. The fourth-order valence-electron chi connectivity index (χ4n) is 7.23. The molecule has 10 aromatic rings. The second-order valence-electron chi connectivity index (χ2n) is 13.5. The van der Waals surface area contributed by atoms with Crippen LogP contribution in [0.3, 0.4) is 0 Å². The van der Waals surface area contributed by atoms with Gasteiger partial charge in [-0.25, -0.2) is 19.9 Å². The highest BCUT2D eigenvalue weighted by molar-refractivity contribution is 6.11. The van der Waals surface area contributed by atoms with Gasteiger partial charge in [0.25, 0.3) is 0 Å². The Labute approximate surface area is 318 Å². The van der Waals surface area contributed by atoms with E-state index in [-0.39, 0.29) is 0 Å². The Hall–Kier alpha value is -7.50. The van der Waals surface area contributed by atoms with Crippen molar-refractivity contribution in [3.8, 4) is 79.0 Å². The van der Waals surface area contributed by atoms with Gasteiger partial charge in [0.1, 0.15) is 5.52 Å². The Morgan fingerprint density at radius 3 is 1.29 bits per heavy atom. The number of hydrogen-bond acceptors (Lipinski definition) is 5. The molecule has 0 N–H and O–H groups in total. The largest absolute Gasteiger partial charge is 0.435 e. The highest BCUT2D eigenvalue weighted by Crippen LogP contribution is 2.38. The van der Waals surface area contributed by atoms with Gasteiger partial charge in [0.2, 0.25) is 5.89 Å². The van der Waals surface area contributed by atoms with Gasteiger partial charge in [-0.3, -0.25) is 0 Å². The van der Waals surface area contributed by atoms with Crippen molar-refractivity contribution in [3.05, 3.63) is 194 Å². The van der Waals surface area contributed by atoms with Crippen LogP contribution in [0.25, 0.3) is 101 Å². The summed E-state index contributed by atoms with van der Waals surface area (Å²) in [6, 6.07) is 66.5. The van der Waals surface area contributed by atoms with Crippen LogP contribution in [-0.2, 0) is 0 Å². The third-order valence-corrected chi connectivity index (χ3v) is 9.94. The molecule has 10 rings (SSSR count). The second kappa shape index (κ2) is 13.8. The SMILES string of the molecule is c1ccc(-c2cccc(-c3nc(-c4cccc(-c5ccccc5)c4)nc(-c4cccc(-c5cccc6ccc7nc(-c8ccccc8)oc7c56)c4)n3)c2)cc1. The zero-order valence-electron chi connectivity index (χ0n) is 29.7. The van der Waals surface area contributed by atoms with Gasteiger partial charge in [-0.2, -0.15) is 0 Å². The lowest BCUT2D eigenvalue weighted by Gasteiger charge is -2.12. The highest BCUT2D eigenvalue weighted by Gasteiger charge is 2.17. The van der Waals surface area contributed by atoms with E-state index in [4.69, 9.17) is 24.4 Å². The third-order valence-electron chi connectivity index (χ3n) is 9.94. The Kier molecular flexibility index (Phi) is 8.08. The molecular weight excluding hydrogens is 673 g/mol. The molecule has 258 valence electrons. The summed E-state index contributed by atoms with van der Waals surface area (Å²) >= 11 is 0. The van der Waals surface area contributed by atoms with Gasteiger partial charge >= 0.3 is 0 Å². The first-order chi connectivity index (χ1) is 27.2. The average Bonchev–Trinajstić information content (AvgIpc) is 3.72. The standard InChI is InChI=1S/C50H32N4O/c1-4-14-33(15-5-1)37-21-10-24-40(30-37)47-52-48(41-25-11-22-38(31-41)34-16-6-2-7-17-34)54-49(53-47)42-26-12-23-39(32-42)43-27-13-20-35-28-29-44-46(45(35)43)55-50(51-44)36-18-8-3-9-19-36/h1-32H. The van der Waals surface area contributed by atoms with Crippen molar-refractivity contribution < 1.29 is 4.42 Å². The number of aromatic nitrogens is 4. The number of oxazole rings is 1. The Morgan fingerprint density at radius 1 is 0.309 bits per heavy atom. The maximum absolute atomic E-state index is 6.51. The first-order valence-corrected chi connectivity index (χ1v) is 18.3. The number of rotatable bonds is 7. The summed E-state index contributed by atoms with van der Waals surface area (Å²) in [5, 5.41) is 2.09. The van der Waals surface area contributed by atoms with Gasteiger partial charge in [-0.05, 0) is 75.2 Å². The topological polar surface area (TPSA) is 64.7 Å². The molecule has 5 nitrogen and oxygen atoms in total. The fourth-order valence-corrected chi connectivity index (χ4v) is 7.23. The summed E-state index contributed by atoms with van der Waals surface area (Å²) in [7, 11) is 0. The zero-order valence-corrected chi connectivity index (χ0v) is 29.7. The molecule has 0 amide bonds. The van der Waals surface area contributed by atoms with Crippen LogP contribution in [0, 0.1) is 0 Å². The maximum atomic E-state index is 6.51. The summed E-state index contributed by atoms with van der Waals surface area (Å²) in [6.45, 7) is 0. The van der Waals surface area contributed by atoms with Crippen LogP contribution in [0.1, 0.15) is 0 Å². The fraction of sp³-hybridized carbons (Fsp3) is 0. The van der Waals surface area contributed by atoms with Crippen molar-refractivity contribution in [1.29, 1.82) is 0 Å². The molecule has 0 aliphatic carbocycles. The smallest absolute Gasteiger partial charge is 0.227 e. The minimum absolute atomic E-state index is 0.591. The Balaban J connectivity index is 1.13. The van der Waals surface area contributed by atoms with Gasteiger partial charge in [-0.1, -0.05) is 158 Å². The van der Waals surface area contributed by atoms with Crippen molar-refractivity contribution in [1.82, 2.24) is 19.9 Å². The van der Waals surface area contributed by atoms with Crippen molar-refractivity contribution in [3.63, 3.8) is 0 Å². The third kappa shape index (κ3) is 6.24. The predicted molar refractivity (Wildman–Crippen MR) is 223 cm³/mol. The Morgan fingerprint density at radius 2 is 0.745 bits per heavy atom. The molecule has 0 radical (unpaired) electrons. The number of fused-ring (bicyclic) bond motifs is 3. The first kappa shape index (κ1) is 32.2. The molecule has 0 atom stereocenters. The van der Waals surface area contributed by atoms with E-state index in [0.717, 1.165) is 77.5 Å². The van der Waals surface area contributed by atoms with Crippen molar-refractivity contribution in [2.75, 3.05) is 0 Å². The molecular formula is C50H32N4O. The van der Waals surface area contributed by atoms with E-state index in [2.05, 4.69) is 146 Å². The molecule has 0 fully saturated rings. The molecule has 8 aromatic carbocycles. The molecule has 0 unspecified atom stereocenters. The molecule has 0 saturated heterocycles. The van der Waals surface area contributed by atoms with Crippen molar-refractivity contribution >= 4 is 21.9 Å². The minimum Gasteiger partial charge on any atom is -0.435 e. The molecule has 0 saturated carbocycles. The van der Waals surface area contributed by atoms with E-state index in [1.165, 1.54) is 0 Å². The molecule has 2 aromatic heterocycles. The van der Waals surface area contributed by atoms with E-state index in [1.54, 1.807) is 0 Å². The molecule has 55 heavy (non-hydrogen) atoms. The number of benzene rings is 8.